The normalized spacial score (nSPS) is 32.8. The van der Waals surface area contributed by atoms with Gasteiger partial charge in [0.1, 0.15) is 24.5 Å². The van der Waals surface area contributed by atoms with Gasteiger partial charge in [-0.15, -0.1) is 0 Å². The zero-order chi connectivity index (χ0) is 19.7. The number of nitrogens with two attached hydrogens (primary N) is 1. The molecule has 1 unspecified atom stereocenters. The highest BCUT2D eigenvalue weighted by Crippen LogP contribution is 2.57. The molecule has 2 rings (SSSR count). The average molecular weight is 453 g/mol. The summed E-state index contributed by atoms with van der Waals surface area (Å²) in [5.74, 6) is -1.18. The third kappa shape index (κ3) is 7.24. The molecule has 15 nitrogen and oxygen atoms in total. The Morgan fingerprint density at radius 2 is 1.86 bits per heavy atom. The fourth-order valence-electron chi connectivity index (χ4n) is 2.64. The van der Waals surface area contributed by atoms with Gasteiger partial charge in [-0.2, -0.15) is 4.31 Å². The SMILES string of the molecule is N.NC(=O)[C@H]1C=CCN([C@@H]2O[C@H](COP(=O)(O)OP(=O)(O)O)[C@@H](O)[C@H]2O)C1.O. The number of nitrogens with zero attached hydrogens (tertiary/aromatic N) is 1. The topological polar surface area (TPSA) is 276 Å². The van der Waals surface area contributed by atoms with Crippen LogP contribution < -0.4 is 11.9 Å². The molecular weight excluding hydrogens is 428 g/mol. The number of aliphatic hydroxyl groups is 2. The number of carbonyl (C=O) groups excluding carboxylic acids is 1. The Morgan fingerprint density at radius 3 is 2.39 bits per heavy atom. The predicted molar refractivity (Wildman–Crippen MR) is 91.6 cm³/mol. The van der Waals surface area contributed by atoms with Crippen molar-refractivity contribution in [3.05, 3.63) is 12.2 Å². The molecule has 166 valence electrons. The molecule has 0 saturated carbocycles. The molecule has 1 saturated heterocycles. The second-order valence-corrected chi connectivity index (χ2v) is 8.60. The number of phosphoric acid groups is 2. The van der Waals surface area contributed by atoms with Crippen molar-refractivity contribution in [2.45, 2.75) is 24.5 Å². The number of phosphoric ester groups is 1. The molecule has 0 aromatic rings. The number of ether oxygens (including phenoxy) is 1. The van der Waals surface area contributed by atoms with Gasteiger partial charge in [-0.1, -0.05) is 12.2 Å². The fraction of sp³-hybridized carbons (Fsp3) is 0.727. The van der Waals surface area contributed by atoms with E-state index in [1.807, 2.05) is 0 Å². The van der Waals surface area contributed by atoms with E-state index in [0.717, 1.165) is 0 Å². The van der Waals surface area contributed by atoms with E-state index in [-0.39, 0.29) is 18.2 Å². The number of rotatable bonds is 7. The molecule has 0 aromatic heterocycles. The minimum atomic E-state index is -5.28. The van der Waals surface area contributed by atoms with Crippen LogP contribution >= 0.6 is 15.6 Å². The molecule has 0 spiro atoms. The Balaban J connectivity index is 0.00000364. The second-order valence-electron chi connectivity index (χ2n) is 5.77. The minimum Gasteiger partial charge on any atom is -0.412 e. The van der Waals surface area contributed by atoms with E-state index in [2.05, 4.69) is 8.83 Å². The third-order valence-corrected chi connectivity index (χ3v) is 5.97. The van der Waals surface area contributed by atoms with Crippen LogP contribution in [0.5, 0.6) is 0 Å². The minimum absolute atomic E-state index is 0. The second kappa shape index (κ2) is 10.3. The largest absolute Gasteiger partial charge is 0.481 e. The number of aliphatic hydroxyl groups excluding tert-OH is 2. The molecule has 6 atom stereocenters. The van der Waals surface area contributed by atoms with Crippen LogP contribution in [0.4, 0.5) is 0 Å². The van der Waals surface area contributed by atoms with Crippen molar-refractivity contribution in [2.75, 3.05) is 19.7 Å². The molecule has 1 amide bonds. The lowest BCUT2D eigenvalue weighted by molar-refractivity contribution is -0.125. The lowest BCUT2D eigenvalue weighted by atomic mass is 10.0. The molecule has 12 N–H and O–H groups in total. The van der Waals surface area contributed by atoms with Gasteiger partial charge in [-0.25, -0.2) is 9.13 Å². The first-order valence-corrected chi connectivity index (χ1v) is 10.4. The van der Waals surface area contributed by atoms with Gasteiger partial charge in [0.15, 0.2) is 0 Å². The highest BCUT2D eigenvalue weighted by Gasteiger charge is 2.47. The zero-order valence-corrected chi connectivity index (χ0v) is 16.3. The van der Waals surface area contributed by atoms with Crippen LogP contribution in [0, 0.1) is 5.92 Å². The summed E-state index contributed by atoms with van der Waals surface area (Å²) >= 11 is 0. The Kier molecular flexibility index (Phi) is 10.0. The molecule has 2 aliphatic rings. The van der Waals surface area contributed by atoms with Crippen molar-refractivity contribution < 1.29 is 57.9 Å². The Bertz CT molecular complexity index is 657. The van der Waals surface area contributed by atoms with E-state index in [0.29, 0.717) is 6.54 Å². The van der Waals surface area contributed by atoms with Gasteiger partial charge in [-0.3, -0.25) is 14.2 Å². The third-order valence-electron chi connectivity index (χ3n) is 3.81. The molecule has 2 aliphatic heterocycles. The van der Waals surface area contributed by atoms with Crippen molar-refractivity contribution in [3.8, 4) is 0 Å². The molecule has 0 aliphatic carbocycles. The summed E-state index contributed by atoms with van der Waals surface area (Å²) in [7, 11) is -10.4. The number of amides is 1. The van der Waals surface area contributed by atoms with Gasteiger partial charge in [0.05, 0.1) is 12.5 Å². The summed E-state index contributed by atoms with van der Waals surface area (Å²) in [6.07, 6.45) is -2.03. The van der Waals surface area contributed by atoms with Gasteiger partial charge >= 0.3 is 15.6 Å². The molecule has 0 bridgehead atoms. The lowest BCUT2D eigenvalue weighted by Crippen LogP contribution is -2.49. The van der Waals surface area contributed by atoms with E-state index >= 15 is 0 Å². The van der Waals surface area contributed by atoms with E-state index in [9.17, 15) is 29.0 Å². The summed E-state index contributed by atoms with van der Waals surface area (Å²) in [5, 5.41) is 20.1. The fourth-order valence-corrected chi connectivity index (χ4v) is 4.23. The number of hydrogen-bond acceptors (Lipinski definition) is 10. The van der Waals surface area contributed by atoms with Crippen molar-refractivity contribution in [1.29, 1.82) is 0 Å². The van der Waals surface area contributed by atoms with Crippen molar-refractivity contribution in [1.82, 2.24) is 11.1 Å². The van der Waals surface area contributed by atoms with Crippen LogP contribution in [0.3, 0.4) is 0 Å². The molecular formula is C11H25N3O12P2. The molecule has 0 radical (unpaired) electrons. The summed E-state index contributed by atoms with van der Waals surface area (Å²) in [5.41, 5.74) is 5.24. The van der Waals surface area contributed by atoms with Crippen LogP contribution in [0.1, 0.15) is 0 Å². The monoisotopic (exact) mass is 453 g/mol. The Hall–Kier alpha value is -0.770. The van der Waals surface area contributed by atoms with Crippen LogP contribution in [-0.4, -0.2) is 85.4 Å². The first-order chi connectivity index (χ1) is 11.9. The van der Waals surface area contributed by atoms with Gasteiger partial charge in [0.25, 0.3) is 0 Å². The summed E-state index contributed by atoms with van der Waals surface area (Å²) in [4.78, 5) is 39.1. The smallest absolute Gasteiger partial charge is 0.412 e. The molecule has 28 heavy (non-hydrogen) atoms. The maximum atomic E-state index is 11.4. The van der Waals surface area contributed by atoms with Crippen molar-refractivity contribution in [3.63, 3.8) is 0 Å². The van der Waals surface area contributed by atoms with Crippen molar-refractivity contribution >= 4 is 21.6 Å². The van der Waals surface area contributed by atoms with Gasteiger partial charge < -0.3 is 47.0 Å². The molecule has 2 heterocycles. The molecule has 1 fully saturated rings. The van der Waals surface area contributed by atoms with Crippen LogP contribution in [-0.2, 0) is 27.5 Å². The van der Waals surface area contributed by atoms with Gasteiger partial charge in [-0.05, 0) is 0 Å². The maximum Gasteiger partial charge on any atom is 0.481 e. The van der Waals surface area contributed by atoms with Crippen LogP contribution in [0.15, 0.2) is 12.2 Å². The highest BCUT2D eigenvalue weighted by molar-refractivity contribution is 7.60. The highest BCUT2D eigenvalue weighted by atomic mass is 31.3. The van der Waals surface area contributed by atoms with Crippen molar-refractivity contribution in [2.24, 2.45) is 11.7 Å². The maximum absolute atomic E-state index is 11.4. The standard InChI is InChI=1S/C11H20N2O11P2.H3N.H2O/c12-10(16)6-2-1-3-13(4-6)11-9(15)8(14)7(23-11)5-22-26(20,21)24-25(17,18)19;;/h1-2,6-9,11,14-15H,3-5H2,(H2,12,16)(H,20,21)(H2,17,18,19);1H3;1H2/t6-,7+,8+,9+,11+;;/m0../s1. The lowest BCUT2D eigenvalue weighted by Gasteiger charge is -2.33. The van der Waals surface area contributed by atoms with Crippen LogP contribution in [0.2, 0.25) is 0 Å². The Morgan fingerprint density at radius 1 is 1.25 bits per heavy atom. The first kappa shape index (κ1) is 27.2. The quantitative estimate of drug-likeness (QED) is 0.149. The number of carbonyl (C=O) groups is 1. The number of hydrogen-bond donors (Lipinski definition) is 7. The summed E-state index contributed by atoms with van der Waals surface area (Å²) in [6.45, 7) is -0.356. The number of primary amides is 1. The molecule has 17 heteroatoms. The van der Waals surface area contributed by atoms with E-state index in [1.165, 1.54) is 4.90 Å². The van der Waals surface area contributed by atoms with Gasteiger partial charge in [0.2, 0.25) is 5.91 Å². The van der Waals surface area contributed by atoms with Crippen LogP contribution in [0.25, 0.3) is 0 Å². The zero-order valence-electron chi connectivity index (χ0n) is 14.5. The summed E-state index contributed by atoms with van der Waals surface area (Å²) in [6, 6.07) is 0. The van der Waals surface area contributed by atoms with Gasteiger partial charge in [0, 0.05) is 13.1 Å². The van der Waals surface area contributed by atoms with E-state index < -0.39 is 58.6 Å². The van der Waals surface area contributed by atoms with E-state index in [4.69, 9.17) is 20.3 Å². The first-order valence-electron chi connectivity index (χ1n) is 7.35. The summed E-state index contributed by atoms with van der Waals surface area (Å²) < 4.78 is 35.4. The Labute approximate surface area is 159 Å². The predicted octanol–water partition coefficient (Wildman–Crippen LogP) is -3.03. The van der Waals surface area contributed by atoms with E-state index in [1.54, 1.807) is 12.2 Å². The molecule has 0 aromatic carbocycles. The average Bonchev–Trinajstić information content (AvgIpc) is 2.79.